The van der Waals surface area contributed by atoms with Gasteiger partial charge in [0.05, 0.1) is 76.7 Å². The molecule has 0 spiro atoms. The fourth-order valence-electron chi connectivity index (χ4n) is 20.7. The van der Waals surface area contributed by atoms with Crippen LogP contribution in [0.4, 0.5) is 34.9 Å². The molecule has 30 nitrogen and oxygen atoms in total. The van der Waals surface area contributed by atoms with E-state index in [0.29, 0.717) is 84.8 Å². The summed E-state index contributed by atoms with van der Waals surface area (Å²) in [5.41, 5.74) is 55.8. The number of rotatable bonds is 18. The highest BCUT2D eigenvalue weighted by Crippen LogP contribution is 2.44. The Kier molecular flexibility index (Phi) is 27.6. The summed E-state index contributed by atoms with van der Waals surface area (Å²) in [5.74, 6) is 9.08. The number of terminal acetylenes is 1. The van der Waals surface area contributed by atoms with Gasteiger partial charge in [0.25, 0.3) is 0 Å². The van der Waals surface area contributed by atoms with Crippen molar-refractivity contribution >= 4 is 68.3 Å². The Bertz CT molecular complexity index is 5240. The van der Waals surface area contributed by atoms with Crippen molar-refractivity contribution < 1.29 is 30.6 Å². The molecule has 12 atom stereocenters. The van der Waals surface area contributed by atoms with Gasteiger partial charge in [0.15, 0.2) is 0 Å². The predicted molar refractivity (Wildman–Crippen MR) is 483 cm³/mol. The van der Waals surface area contributed by atoms with E-state index in [1.54, 1.807) is 12.7 Å². The second kappa shape index (κ2) is 39.4. The summed E-state index contributed by atoms with van der Waals surface area (Å²) in [6.45, 7) is 22.0. The summed E-state index contributed by atoms with van der Waals surface area (Å²) < 4.78 is 0. The first kappa shape index (κ1) is 87.0. The lowest BCUT2D eigenvalue weighted by atomic mass is 9.79. The maximum Gasteiger partial charge on any atom is 0.130 e. The predicted octanol–water partition coefficient (Wildman–Crippen LogP) is 5.30. The minimum absolute atomic E-state index is 0.0723. The molecule has 1 aromatic carbocycles. The van der Waals surface area contributed by atoms with Gasteiger partial charge in [0.2, 0.25) is 0 Å². The summed E-state index contributed by atoms with van der Waals surface area (Å²) in [6.07, 6.45) is 44.6. The Morgan fingerprint density at radius 3 is 1.02 bits per heavy atom. The first-order chi connectivity index (χ1) is 60.2. The quantitative estimate of drug-likeness (QED) is 0.0383. The van der Waals surface area contributed by atoms with Crippen LogP contribution in [0.25, 0.3) is 33.4 Å². The monoisotopic (exact) mass is 1680 g/mol. The van der Waals surface area contributed by atoms with Crippen molar-refractivity contribution in [3.8, 4) is 12.3 Å². The summed E-state index contributed by atoms with van der Waals surface area (Å²) in [5, 5.41) is 60.9. The summed E-state index contributed by atoms with van der Waals surface area (Å²) >= 11 is 0. The lowest BCUT2D eigenvalue weighted by Crippen LogP contribution is -2.28. The Morgan fingerprint density at radius 1 is 0.355 bits per heavy atom. The second-order valence-corrected chi connectivity index (χ2v) is 35.7. The number of β-amino-alcohol motifs (C(OH)–C–C–N with tert-alkyl or cyclic N) is 6. The van der Waals surface area contributed by atoms with Gasteiger partial charge in [-0.3, -0.25) is 29.4 Å². The number of hydrogen-bond acceptors (Lipinski definition) is 30. The number of allylic oxidation sites excluding steroid dienone is 7. The molecule has 8 aliphatic carbocycles. The third-order valence-corrected chi connectivity index (χ3v) is 27.5. The standard InChI is InChI=1S/C18H26N4O.C18H20N4O.2C15H20N4O.C14H18N4O.C14H16N4O/c2*19-18-14-7-6-13(17(14)20-11-21-18)8-22-9-15(16(23)10-22)12-4-2-1-3-5-12;16-15-11-4-3-10(14(11)17-8-18-15)5-19-6-12(9-1-2-9)13(20)7-19;1-2-3-10-6-19(8-13(10)20)7-11-4-5-12-14(11)17-9-18-15(12)16;2*1-2-9-5-18(7-12(9)19)6-10-3-4-11-13(10)16-8-17-14(11)15/h6,11-12,15-16,23H,1-5,7-10H2,(H2,19,20,21);1-6,11,15-16,23H,7-10H2,(H2,19,20,21);3,8-9,12-13,20H,1-2,4-7H2,(H2,16,17,18);2,4,9-10,13,20H,1,3,5-8H2,(H2,16,17,18);2-3,8-9,12,19H,1,4-7H2,(H2,15,16,17);1,3,8-9,12,19H,4-7H2,(H2,15,16,17)/t2*15-,16+;12-,13+;10-,13-;2*9-,12-/m111000/s1. The average Bonchev–Trinajstić information content (AvgIpc) is 1.68. The molecule has 6 saturated heterocycles. The Morgan fingerprint density at radius 2 is 0.677 bits per heavy atom. The molecule has 2 saturated carbocycles. The van der Waals surface area contributed by atoms with Crippen LogP contribution >= 0.6 is 0 Å². The molecule has 30 heteroatoms. The number of aliphatic hydroxyl groups is 6. The highest BCUT2D eigenvalue weighted by atomic mass is 16.3. The number of hydrogen-bond donors (Lipinski definition) is 12. The van der Waals surface area contributed by atoms with E-state index in [2.05, 4.69) is 157 Å². The molecule has 124 heavy (non-hydrogen) atoms. The number of anilines is 6. The van der Waals surface area contributed by atoms with Crippen LogP contribution < -0.4 is 34.4 Å². The van der Waals surface area contributed by atoms with E-state index in [9.17, 15) is 30.6 Å². The Hall–Kier alpha value is -10.5. The first-order valence-corrected chi connectivity index (χ1v) is 44.1. The first-order valence-electron chi connectivity index (χ1n) is 44.1. The van der Waals surface area contributed by atoms with E-state index in [1.165, 1.54) is 104 Å². The summed E-state index contributed by atoms with van der Waals surface area (Å²) in [6, 6.07) is 10.2. The van der Waals surface area contributed by atoms with Crippen molar-refractivity contribution in [1.29, 1.82) is 0 Å². The number of nitrogens with two attached hydrogens (primary N) is 6. The highest BCUT2D eigenvalue weighted by Gasteiger charge is 2.44. The van der Waals surface area contributed by atoms with Crippen LogP contribution in [0.5, 0.6) is 0 Å². The van der Waals surface area contributed by atoms with E-state index in [-0.39, 0.29) is 48.3 Å². The van der Waals surface area contributed by atoms with Crippen LogP contribution in [0.3, 0.4) is 0 Å². The van der Waals surface area contributed by atoms with Crippen molar-refractivity contribution in [2.24, 2.45) is 41.4 Å². The molecule has 6 aliphatic heterocycles. The molecule has 8 fully saturated rings. The summed E-state index contributed by atoms with van der Waals surface area (Å²) in [7, 11) is 0. The minimum Gasteiger partial charge on any atom is -0.391 e. The zero-order valence-electron chi connectivity index (χ0n) is 70.9. The second-order valence-electron chi connectivity index (χ2n) is 35.7. The molecule has 12 heterocycles. The van der Waals surface area contributed by atoms with Crippen LogP contribution in [0.2, 0.25) is 0 Å². The van der Waals surface area contributed by atoms with Gasteiger partial charge in [-0.2, -0.15) is 0 Å². The normalized spacial score (nSPS) is 26.7. The number of nitrogens with zero attached hydrogens (tertiary/aromatic N) is 18. The highest BCUT2D eigenvalue weighted by molar-refractivity contribution is 5.79. The van der Waals surface area contributed by atoms with E-state index < -0.39 is 6.10 Å². The average molecular weight is 1680 g/mol. The minimum atomic E-state index is -0.429. The summed E-state index contributed by atoms with van der Waals surface area (Å²) in [4.78, 5) is 64.2. The number of benzene rings is 1. The molecule has 652 valence electrons. The topological polar surface area (TPSA) is 452 Å². The largest absolute Gasteiger partial charge is 0.391 e. The number of aliphatic hydroxyl groups excluding tert-OH is 6. The van der Waals surface area contributed by atoms with Crippen molar-refractivity contribution in [3.05, 3.63) is 203 Å². The smallest absolute Gasteiger partial charge is 0.130 e. The molecule has 7 aromatic rings. The fourth-order valence-corrected chi connectivity index (χ4v) is 20.7. The zero-order chi connectivity index (χ0) is 86.2. The zero-order valence-corrected chi connectivity index (χ0v) is 70.9. The van der Waals surface area contributed by atoms with Gasteiger partial charge >= 0.3 is 0 Å². The SMILES string of the molecule is C#C[C@H]1CN(CC2=CCc3c(N)ncnc32)C[C@@H]1O.C=CC[C@H]1CN(CC2=CCc3c(N)ncnc32)C[C@@H]1O.C=C[C@H]1CN(CC2=CCc3c(N)ncnc32)C[C@@H]1O.Nc1ncnc2c1CC=C2CN1C[C@H](C2CC2)[C@@H](O)C1.Nc1ncnc2c1CC=C2CN1C[C@H](C2CCCCC2)[C@@H](O)C1.Nc1ncnc2c1CC=C2CN1C[C@H](c2ccccc2)[C@@H](O)C1. The van der Waals surface area contributed by atoms with Crippen molar-refractivity contribution in [2.45, 2.75) is 132 Å². The molecular weight excluding hydrogens is 1560 g/mol. The van der Waals surface area contributed by atoms with E-state index in [4.69, 9.17) is 40.8 Å². The molecule has 21 rings (SSSR count). The molecule has 0 unspecified atom stereocenters. The van der Waals surface area contributed by atoms with Gasteiger partial charge in [-0.05, 0) is 109 Å². The van der Waals surface area contributed by atoms with Crippen molar-refractivity contribution in [1.82, 2.24) is 89.2 Å². The number of aromatic nitrogens is 12. The van der Waals surface area contributed by atoms with Gasteiger partial charge in [0, 0.05) is 181 Å². The Balaban J connectivity index is 0.000000110. The van der Waals surface area contributed by atoms with Crippen LogP contribution in [0.1, 0.15) is 130 Å². The van der Waals surface area contributed by atoms with Crippen LogP contribution in [-0.2, 0) is 38.5 Å². The number of fused-ring (bicyclic) bond motifs is 6. The number of likely N-dealkylation sites (tertiary alicyclic amines) is 6. The Labute approximate surface area is 726 Å². The lowest BCUT2D eigenvalue weighted by molar-refractivity contribution is 0.0966. The molecule has 0 radical (unpaired) electrons. The van der Waals surface area contributed by atoms with Crippen molar-refractivity contribution in [3.63, 3.8) is 0 Å². The van der Waals surface area contributed by atoms with E-state index >= 15 is 0 Å². The molecule has 0 amide bonds. The van der Waals surface area contributed by atoms with Gasteiger partial charge in [0.1, 0.15) is 72.9 Å². The van der Waals surface area contributed by atoms with Crippen LogP contribution in [0.15, 0.2) is 130 Å². The van der Waals surface area contributed by atoms with Gasteiger partial charge in [-0.1, -0.05) is 117 Å². The van der Waals surface area contributed by atoms with Crippen molar-refractivity contribution in [2.75, 3.05) is 152 Å². The van der Waals surface area contributed by atoms with Gasteiger partial charge < -0.3 is 65.0 Å². The fraction of sp³-hybridized carbons (Fsp3) is 0.489. The van der Waals surface area contributed by atoms with Gasteiger partial charge in [-0.25, -0.2) is 59.8 Å². The maximum atomic E-state index is 10.5. The van der Waals surface area contributed by atoms with Crippen LogP contribution in [0, 0.1) is 53.8 Å². The molecule has 14 aliphatic rings. The third kappa shape index (κ3) is 19.9. The van der Waals surface area contributed by atoms with E-state index in [1.807, 2.05) is 30.4 Å². The molecule has 6 aromatic heterocycles. The third-order valence-electron chi connectivity index (χ3n) is 27.5. The molecule has 18 N–H and O–H groups in total. The lowest BCUT2D eigenvalue weighted by Gasteiger charge is -2.29. The molecular formula is C94H120N24O6. The number of nitrogen functional groups attached to an aromatic ring is 6. The van der Waals surface area contributed by atoms with Crippen LogP contribution in [-0.4, -0.2) is 274 Å². The maximum absolute atomic E-state index is 10.5. The molecule has 0 bridgehead atoms. The van der Waals surface area contributed by atoms with E-state index in [0.717, 1.165) is 216 Å². The van der Waals surface area contributed by atoms with Gasteiger partial charge in [-0.15, -0.1) is 19.6 Å².